The quantitative estimate of drug-likeness (QED) is 0.410. The zero-order valence-corrected chi connectivity index (χ0v) is 18.4. The molecule has 2 amide bonds. The molecule has 160 valence electrons. The summed E-state index contributed by atoms with van der Waals surface area (Å²) in [5.41, 5.74) is -0.840. The average molecular weight is 531 g/mol. The molecule has 2 aromatic rings. The van der Waals surface area contributed by atoms with E-state index in [0.29, 0.717) is 23.1 Å². The number of imide groups is 1. The van der Waals surface area contributed by atoms with Crippen molar-refractivity contribution in [1.29, 1.82) is 0 Å². The van der Waals surface area contributed by atoms with Gasteiger partial charge in [-0.05, 0) is 59.3 Å². The monoisotopic (exact) mass is 531 g/mol. The molecule has 0 unspecified atom stereocenters. The lowest BCUT2D eigenvalue weighted by Crippen LogP contribution is -2.53. The van der Waals surface area contributed by atoms with Crippen LogP contribution in [-0.4, -0.2) is 36.3 Å². The summed E-state index contributed by atoms with van der Waals surface area (Å²) in [6.45, 7) is 3.01. The highest BCUT2D eigenvalue weighted by Gasteiger charge is 2.34. The second kappa shape index (κ2) is 9.78. The largest absolute Gasteiger partial charge is 0.350 e. The summed E-state index contributed by atoms with van der Waals surface area (Å²) in [5, 5.41) is 5.48. The van der Waals surface area contributed by atoms with E-state index < -0.39 is 29.0 Å². The number of carbonyl (C=O) groups is 2. The van der Waals surface area contributed by atoms with Crippen molar-refractivity contribution in [2.75, 3.05) is 25.0 Å². The number of nitrogens with zero attached hydrogens (tertiary/aromatic N) is 1. The Bertz CT molecular complexity index is 967. The number of nitrogens with one attached hydrogen (secondary N) is 2. The van der Waals surface area contributed by atoms with Crippen LogP contribution in [0.3, 0.4) is 0 Å². The Labute approximate surface area is 186 Å². The summed E-state index contributed by atoms with van der Waals surface area (Å²) in [6.07, 6.45) is 1.33. The third-order valence-corrected chi connectivity index (χ3v) is 5.56. The van der Waals surface area contributed by atoms with Crippen molar-refractivity contribution < 1.29 is 22.8 Å². The molecule has 30 heavy (non-hydrogen) atoms. The van der Waals surface area contributed by atoms with Crippen molar-refractivity contribution in [3.63, 3.8) is 0 Å². The van der Waals surface area contributed by atoms with Crippen LogP contribution in [0.5, 0.6) is 0 Å². The summed E-state index contributed by atoms with van der Waals surface area (Å²) in [6, 6.07) is 6.12. The molecule has 0 saturated carbocycles. The number of hydrogen-bond acceptors (Lipinski definition) is 4. The maximum Gasteiger partial charge on any atom is 0.262 e. The van der Waals surface area contributed by atoms with Gasteiger partial charge in [-0.25, -0.2) is 13.2 Å². The normalized spacial score (nSPS) is 13.6. The molecule has 0 spiro atoms. The maximum atomic E-state index is 14.6. The van der Waals surface area contributed by atoms with Crippen LogP contribution in [0.2, 0.25) is 0 Å². The number of anilines is 2. The first-order valence-corrected chi connectivity index (χ1v) is 10.7. The Morgan fingerprint density at radius 2 is 1.90 bits per heavy atom. The van der Waals surface area contributed by atoms with Crippen molar-refractivity contribution in [2.24, 2.45) is 5.92 Å². The molecule has 1 aliphatic heterocycles. The molecule has 5 nitrogen and oxygen atoms in total. The zero-order chi connectivity index (χ0) is 21.8. The zero-order valence-electron chi connectivity index (χ0n) is 16.3. The summed E-state index contributed by atoms with van der Waals surface area (Å²) < 4.78 is 43.5. The summed E-state index contributed by atoms with van der Waals surface area (Å²) >= 11 is 1.92. The number of hydrogen-bond donors (Lipinski definition) is 2. The molecular formula is C21H21F3IN3O2. The van der Waals surface area contributed by atoms with Crippen molar-refractivity contribution in [1.82, 2.24) is 10.2 Å². The SMILES string of the molecule is CCCCN(C(=O)c1ccc(F)c(F)c1Nc1ccc(I)cc1F)C(=O)C1CNC1. The van der Waals surface area contributed by atoms with E-state index in [2.05, 4.69) is 10.6 Å². The Kier molecular flexibility index (Phi) is 7.35. The summed E-state index contributed by atoms with van der Waals surface area (Å²) in [7, 11) is 0. The van der Waals surface area contributed by atoms with Crippen LogP contribution in [0.25, 0.3) is 0 Å². The lowest BCUT2D eigenvalue weighted by molar-refractivity contribution is -0.134. The van der Waals surface area contributed by atoms with Gasteiger partial charge in [0, 0.05) is 23.2 Å². The number of halogens is 4. The highest BCUT2D eigenvalue weighted by Crippen LogP contribution is 2.30. The average Bonchev–Trinajstić information content (AvgIpc) is 2.66. The molecule has 0 bridgehead atoms. The topological polar surface area (TPSA) is 61.4 Å². The highest BCUT2D eigenvalue weighted by atomic mass is 127. The van der Waals surface area contributed by atoms with Crippen LogP contribution in [0, 0.1) is 26.9 Å². The van der Waals surface area contributed by atoms with E-state index in [1.54, 1.807) is 6.07 Å². The molecule has 0 atom stereocenters. The first kappa shape index (κ1) is 22.5. The van der Waals surface area contributed by atoms with Gasteiger partial charge in [-0.2, -0.15) is 0 Å². The van der Waals surface area contributed by atoms with Crippen molar-refractivity contribution >= 4 is 45.8 Å². The minimum atomic E-state index is -1.31. The third-order valence-electron chi connectivity index (χ3n) is 4.89. The third kappa shape index (κ3) is 4.77. The number of unbranched alkanes of at least 4 members (excludes halogenated alkanes) is 1. The molecule has 2 N–H and O–H groups in total. The van der Waals surface area contributed by atoms with Gasteiger partial charge in [-0.3, -0.25) is 14.5 Å². The maximum absolute atomic E-state index is 14.6. The fraction of sp³-hybridized carbons (Fsp3) is 0.333. The van der Waals surface area contributed by atoms with Crippen LogP contribution in [0.15, 0.2) is 30.3 Å². The van der Waals surface area contributed by atoms with Gasteiger partial charge in [0.05, 0.1) is 22.9 Å². The lowest BCUT2D eigenvalue weighted by atomic mass is 10.0. The Morgan fingerprint density at radius 3 is 2.50 bits per heavy atom. The van der Waals surface area contributed by atoms with Crippen molar-refractivity contribution in [3.8, 4) is 0 Å². The second-order valence-electron chi connectivity index (χ2n) is 7.04. The predicted octanol–water partition coefficient (Wildman–Crippen LogP) is 4.44. The van der Waals surface area contributed by atoms with Gasteiger partial charge in [0.25, 0.3) is 5.91 Å². The summed E-state index contributed by atoms with van der Waals surface area (Å²) in [4.78, 5) is 27.1. The first-order valence-electron chi connectivity index (χ1n) is 9.60. The molecule has 0 aliphatic carbocycles. The smallest absolute Gasteiger partial charge is 0.262 e. The van der Waals surface area contributed by atoms with Crippen molar-refractivity contribution in [3.05, 3.63) is 56.9 Å². The minimum Gasteiger partial charge on any atom is -0.350 e. The molecule has 1 heterocycles. The van der Waals surface area contributed by atoms with Crippen LogP contribution in [0.1, 0.15) is 30.1 Å². The van der Waals surface area contributed by atoms with Gasteiger partial charge < -0.3 is 10.6 Å². The molecule has 0 radical (unpaired) electrons. The first-order chi connectivity index (χ1) is 14.3. The van der Waals surface area contributed by atoms with Crippen molar-refractivity contribution in [2.45, 2.75) is 19.8 Å². The Morgan fingerprint density at radius 1 is 1.17 bits per heavy atom. The fourth-order valence-electron chi connectivity index (χ4n) is 3.03. The van der Waals surface area contributed by atoms with Gasteiger partial charge >= 0.3 is 0 Å². The van der Waals surface area contributed by atoms with Gasteiger partial charge in [0.2, 0.25) is 5.91 Å². The predicted molar refractivity (Wildman–Crippen MR) is 116 cm³/mol. The minimum absolute atomic E-state index is 0.108. The second-order valence-corrected chi connectivity index (χ2v) is 8.28. The van der Waals surface area contributed by atoms with Crippen LogP contribution in [-0.2, 0) is 4.79 Å². The molecular weight excluding hydrogens is 510 g/mol. The van der Waals surface area contributed by atoms with E-state index in [1.807, 2.05) is 29.5 Å². The molecule has 3 rings (SSSR count). The standard InChI is InChI=1S/C21H21F3IN3O2/c1-2-3-8-28(20(29)12-10-26-11-12)21(30)14-5-6-15(22)18(24)19(14)27-17-7-4-13(25)9-16(17)23/h4-7,9,12,26-27H,2-3,8,10-11H2,1H3. The number of carbonyl (C=O) groups excluding carboxylic acids is 2. The number of rotatable bonds is 7. The van der Waals surface area contributed by atoms with E-state index >= 15 is 0 Å². The van der Waals surface area contributed by atoms with Gasteiger partial charge in [0.15, 0.2) is 11.6 Å². The Hall–Kier alpha value is -2.14. The van der Waals surface area contributed by atoms with E-state index in [0.717, 1.165) is 23.5 Å². The molecule has 1 saturated heterocycles. The van der Waals surface area contributed by atoms with Gasteiger partial charge in [-0.15, -0.1) is 0 Å². The van der Waals surface area contributed by atoms with Gasteiger partial charge in [0.1, 0.15) is 5.82 Å². The summed E-state index contributed by atoms with van der Waals surface area (Å²) in [5.74, 6) is -4.61. The van der Waals surface area contributed by atoms with Crippen LogP contribution < -0.4 is 10.6 Å². The fourth-order valence-corrected chi connectivity index (χ4v) is 3.49. The van der Waals surface area contributed by atoms with E-state index in [1.165, 1.54) is 12.1 Å². The molecule has 0 aromatic heterocycles. The van der Waals surface area contributed by atoms with E-state index in [4.69, 9.17) is 0 Å². The number of benzene rings is 2. The number of amides is 2. The van der Waals surface area contributed by atoms with Crippen LogP contribution >= 0.6 is 22.6 Å². The van der Waals surface area contributed by atoms with E-state index in [-0.39, 0.29) is 29.6 Å². The molecule has 1 fully saturated rings. The molecule has 1 aliphatic rings. The molecule has 2 aromatic carbocycles. The van der Waals surface area contributed by atoms with Crippen LogP contribution in [0.4, 0.5) is 24.5 Å². The van der Waals surface area contributed by atoms with E-state index in [9.17, 15) is 22.8 Å². The molecule has 9 heteroatoms. The Balaban J connectivity index is 1.99. The highest BCUT2D eigenvalue weighted by molar-refractivity contribution is 14.1. The van der Waals surface area contributed by atoms with Gasteiger partial charge in [-0.1, -0.05) is 13.3 Å². The lowest BCUT2D eigenvalue weighted by Gasteiger charge is -2.31.